The molecule has 1 aromatic heterocycles. The van der Waals surface area contributed by atoms with Crippen LogP contribution in [0.15, 0.2) is 35.4 Å². The molecule has 0 saturated heterocycles. The fraction of sp³-hybridized carbons (Fsp3) is 0.267. The zero-order chi connectivity index (χ0) is 16.3. The van der Waals surface area contributed by atoms with E-state index in [-0.39, 0.29) is 12.2 Å². The highest BCUT2D eigenvalue weighted by Crippen LogP contribution is 2.24. The number of nitro benzene ring substituents is 1. The maximum atomic E-state index is 11.9. The normalized spacial score (nSPS) is 10.5. The molecule has 0 bridgehead atoms. The summed E-state index contributed by atoms with van der Waals surface area (Å²) in [4.78, 5) is 23.5. The van der Waals surface area contributed by atoms with Gasteiger partial charge >= 0.3 is 5.97 Å². The van der Waals surface area contributed by atoms with Crippen molar-refractivity contribution in [2.75, 3.05) is 13.4 Å². The van der Waals surface area contributed by atoms with E-state index in [1.807, 2.05) is 13.2 Å². The highest BCUT2D eigenvalue weighted by atomic mass is 32.2. The minimum absolute atomic E-state index is 0.0424. The topological polar surface area (TPSA) is 74.4 Å². The van der Waals surface area contributed by atoms with Gasteiger partial charge in [-0.25, -0.2) is 4.79 Å². The van der Waals surface area contributed by atoms with E-state index in [1.165, 1.54) is 24.9 Å². The third-order valence-corrected chi connectivity index (χ3v) is 3.97. The standard InChI is InChI=1S/C15H16N2O4S/c1-10-4-5-13(17(19)20)11(6-10)8-16-9-12(22-3)7-14(16)15(18)21-2/h4-7,9H,8H2,1-3H3. The smallest absolute Gasteiger partial charge is 0.354 e. The number of rotatable bonds is 5. The lowest BCUT2D eigenvalue weighted by atomic mass is 10.1. The van der Waals surface area contributed by atoms with Crippen molar-refractivity contribution in [1.82, 2.24) is 4.57 Å². The molecule has 0 aliphatic carbocycles. The van der Waals surface area contributed by atoms with Gasteiger partial charge in [-0.2, -0.15) is 0 Å². The van der Waals surface area contributed by atoms with E-state index in [2.05, 4.69) is 0 Å². The molecule has 0 fully saturated rings. The summed E-state index contributed by atoms with van der Waals surface area (Å²) in [6.45, 7) is 2.11. The van der Waals surface area contributed by atoms with Crippen LogP contribution >= 0.6 is 11.8 Å². The van der Waals surface area contributed by atoms with Crippen molar-refractivity contribution >= 4 is 23.4 Å². The Hall–Kier alpha value is -2.28. The Morgan fingerprint density at radius 3 is 2.73 bits per heavy atom. The lowest BCUT2D eigenvalue weighted by Gasteiger charge is -2.09. The van der Waals surface area contributed by atoms with Gasteiger partial charge in [0, 0.05) is 22.7 Å². The second-order valence-corrected chi connectivity index (χ2v) is 5.65. The van der Waals surface area contributed by atoms with Crippen LogP contribution < -0.4 is 0 Å². The molecule has 0 spiro atoms. The van der Waals surface area contributed by atoms with Crippen LogP contribution in [0.4, 0.5) is 5.69 Å². The molecular formula is C15H16N2O4S. The van der Waals surface area contributed by atoms with Crippen molar-refractivity contribution < 1.29 is 14.5 Å². The van der Waals surface area contributed by atoms with Gasteiger partial charge in [0.2, 0.25) is 0 Å². The zero-order valence-electron chi connectivity index (χ0n) is 12.5. The number of aryl methyl sites for hydroxylation is 1. The highest BCUT2D eigenvalue weighted by Gasteiger charge is 2.18. The van der Waals surface area contributed by atoms with E-state index < -0.39 is 10.9 Å². The fourth-order valence-corrected chi connectivity index (χ4v) is 2.67. The third-order valence-electron chi connectivity index (χ3n) is 3.27. The Morgan fingerprint density at radius 2 is 2.14 bits per heavy atom. The Balaban J connectivity index is 2.46. The molecule has 0 aliphatic heterocycles. The van der Waals surface area contributed by atoms with Crippen molar-refractivity contribution in [3.05, 3.63) is 57.4 Å². The maximum absolute atomic E-state index is 11.9. The van der Waals surface area contributed by atoms with Gasteiger partial charge in [-0.05, 0) is 25.3 Å². The van der Waals surface area contributed by atoms with Gasteiger partial charge in [-0.3, -0.25) is 10.1 Å². The van der Waals surface area contributed by atoms with Crippen LogP contribution in [-0.2, 0) is 11.3 Å². The number of carbonyl (C=O) groups is 1. The lowest BCUT2D eigenvalue weighted by Crippen LogP contribution is -2.11. The van der Waals surface area contributed by atoms with Crippen molar-refractivity contribution in [2.45, 2.75) is 18.4 Å². The second-order valence-electron chi connectivity index (χ2n) is 4.77. The van der Waals surface area contributed by atoms with E-state index in [9.17, 15) is 14.9 Å². The predicted molar refractivity (Wildman–Crippen MR) is 84.5 cm³/mol. The molecule has 0 saturated carbocycles. The number of hydrogen-bond donors (Lipinski definition) is 0. The molecule has 1 aromatic carbocycles. The molecule has 1 heterocycles. The van der Waals surface area contributed by atoms with E-state index in [4.69, 9.17) is 4.74 Å². The van der Waals surface area contributed by atoms with Gasteiger partial charge < -0.3 is 9.30 Å². The number of methoxy groups -OCH3 is 1. The first-order valence-corrected chi connectivity index (χ1v) is 7.75. The summed E-state index contributed by atoms with van der Waals surface area (Å²) in [5.41, 5.74) is 1.90. The van der Waals surface area contributed by atoms with E-state index >= 15 is 0 Å². The Bertz CT molecular complexity index is 724. The maximum Gasteiger partial charge on any atom is 0.354 e. The Kier molecular flexibility index (Phi) is 4.87. The molecule has 0 aliphatic rings. The fourth-order valence-electron chi connectivity index (χ4n) is 2.20. The summed E-state index contributed by atoms with van der Waals surface area (Å²) in [5.74, 6) is -0.462. The van der Waals surface area contributed by atoms with Crippen molar-refractivity contribution in [3.8, 4) is 0 Å². The summed E-state index contributed by atoms with van der Waals surface area (Å²) in [7, 11) is 1.31. The number of hydrogen-bond acceptors (Lipinski definition) is 5. The van der Waals surface area contributed by atoms with Crippen LogP contribution in [0.5, 0.6) is 0 Å². The van der Waals surface area contributed by atoms with E-state index in [0.29, 0.717) is 11.3 Å². The van der Waals surface area contributed by atoms with Gasteiger partial charge in [0.05, 0.1) is 18.6 Å². The van der Waals surface area contributed by atoms with Gasteiger partial charge in [0.15, 0.2) is 0 Å². The quantitative estimate of drug-likeness (QED) is 0.366. The summed E-state index contributed by atoms with van der Waals surface area (Å²) in [6, 6.07) is 6.67. The average Bonchev–Trinajstić information content (AvgIpc) is 2.89. The first-order chi connectivity index (χ1) is 10.5. The van der Waals surface area contributed by atoms with Gasteiger partial charge in [-0.15, -0.1) is 11.8 Å². The number of esters is 1. The molecule has 0 atom stereocenters. The van der Waals surface area contributed by atoms with Gasteiger partial charge in [0.25, 0.3) is 5.69 Å². The summed E-state index contributed by atoms with van der Waals surface area (Å²) < 4.78 is 6.45. The number of nitro groups is 1. The van der Waals surface area contributed by atoms with Crippen LogP contribution in [-0.4, -0.2) is 28.8 Å². The van der Waals surface area contributed by atoms with Crippen LogP contribution in [0.3, 0.4) is 0 Å². The predicted octanol–water partition coefficient (Wildman–Crippen LogP) is 3.26. The third kappa shape index (κ3) is 3.30. The van der Waals surface area contributed by atoms with E-state index in [1.54, 1.807) is 29.0 Å². The minimum atomic E-state index is -0.462. The average molecular weight is 320 g/mol. The van der Waals surface area contributed by atoms with Crippen LogP contribution in [0, 0.1) is 17.0 Å². The molecule has 0 radical (unpaired) electrons. The molecule has 0 amide bonds. The number of carbonyl (C=O) groups excluding carboxylic acids is 1. The minimum Gasteiger partial charge on any atom is -0.464 e. The monoisotopic (exact) mass is 320 g/mol. The van der Waals surface area contributed by atoms with Crippen molar-refractivity contribution in [3.63, 3.8) is 0 Å². The number of aromatic nitrogens is 1. The molecule has 6 nitrogen and oxygen atoms in total. The summed E-state index contributed by atoms with van der Waals surface area (Å²) in [5, 5.41) is 11.2. The molecule has 0 unspecified atom stereocenters. The van der Waals surface area contributed by atoms with Gasteiger partial charge in [-0.1, -0.05) is 11.6 Å². The molecule has 22 heavy (non-hydrogen) atoms. The summed E-state index contributed by atoms with van der Waals surface area (Å²) in [6.07, 6.45) is 3.69. The first kappa shape index (κ1) is 16.1. The molecule has 0 N–H and O–H groups in total. The van der Waals surface area contributed by atoms with Crippen molar-refractivity contribution in [2.24, 2.45) is 0 Å². The zero-order valence-corrected chi connectivity index (χ0v) is 13.3. The first-order valence-electron chi connectivity index (χ1n) is 6.52. The molecule has 116 valence electrons. The summed E-state index contributed by atoms with van der Waals surface area (Å²) >= 11 is 1.49. The Morgan fingerprint density at radius 1 is 1.41 bits per heavy atom. The van der Waals surface area contributed by atoms with Crippen LogP contribution in [0.2, 0.25) is 0 Å². The number of thioether (sulfide) groups is 1. The molecule has 2 rings (SSSR count). The van der Waals surface area contributed by atoms with Crippen LogP contribution in [0.25, 0.3) is 0 Å². The molecular weight excluding hydrogens is 304 g/mol. The van der Waals surface area contributed by atoms with Crippen LogP contribution in [0.1, 0.15) is 21.6 Å². The van der Waals surface area contributed by atoms with E-state index in [0.717, 1.165) is 10.5 Å². The van der Waals surface area contributed by atoms with Crippen molar-refractivity contribution in [1.29, 1.82) is 0 Å². The van der Waals surface area contributed by atoms with Gasteiger partial charge in [0.1, 0.15) is 5.69 Å². The highest BCUT2D eigenvalue weighted by molar-refractivity contribution is 7.98. The number of benzene rings is 1. The molecule has 7 heteroatoms. The number of ether oxygens (including phenoxy) is 1. The second kappa shape index (κ2) is 6.65. The SMILES string of the molecule is COC(=O)c1cc(SC)cn1Cc1cc(C)ccc1[N+](=O)[O-]. The molecule has 2 aromatic rings. The largest absolute Gasteiger partial charge is 0.464 e. The lowest BCUT2D eigenvalue weighted by molar-refractivity contribution is -0.385. The Labute approximate surface area is 132 Å². The number of nitrogens with zero attached hydrogens (tertiary/aromatic N) is 2.